The predicted molar refractivity (Wildman–Crippen MR) is 77.0 cm³/mol. The summed E-state index contributed by atoms with van der Waals surface area (Å²) in [6.45, 7) is 3.93. The Hall–Kier alpha value is -1.54. The molecule has 18 heavy (non-hydrogen) atoms. The van der Waals surface area contributed by atoms with E-state index >= 15 is 0 Å². The molecule has 0 spiro atoms. The first-order valence-corrected chi connectivity index (χ1v) is 6.67. The number of aromatic nitrogens is 1. The molecule has 0 saturated heterocycles. The van der Waals surface area contributed by atoms with Crippen LogP contribution in [0.3, 0.4) is 0 Å². The lowest BCUT2D eigenvalue weighted by atomic mass is 10.2. The summed E-state index contributed by atoms with van der Waals surface area (Å²) in [5.74, 6) is 1.44. The number of alkyl halides is 1. The van der Waals surface area contributed by atoms with Gasteiger partial charge in [0.2, 0.25) is 0 Å². The number of halogens is 1. The van der Waals surface area contributed by atoms with E-state index in [1.165, 1.54) is 5.56 Å². The summed E-state index contributed by atoms with van der Waals surface area (Å²) in [5.41, 5.74) is 2.21. The van der Waals surface area contributed by atoms with Crippen LogP contribution in [-0.2, 0) is 12.4 Å². The van der Waals surface area contributed by atoms with Crippen LogP contribution in [0.5, 0.6) is 0 Å². The number of benzene rings is 1. The molecule has 0 aliphatic rings. The van der Waals surface area contributed by atoms with Crippen molar-refractivity contribution in [1.29, 1.82) is 0 Å². The molecule has 0 bridgehead atoms. The van der Waals surface area contributed by atoms with Crippen LogP contribution in [0.2, 0.25) is 0 Å². The molecule has 2 nitrogen and oxygen atoms in total. The van der Waals surface area contributed by atoms with Crippen molar-refractivity contribution < 1.29 is 0 Å². The summed E-state index contributed by atoms with van der Waals surface area (Å²) in [5, 5.41) is 0. The highest BCUT2D eigenvalue weighted by Gasteiger charge is 2.07. The summed E-state index contributed by atoms with van der Waals surface area (Å²) < 4.78 is 0. The summed E-state index contributed by atoms with van der Waals surface area (Å²) >= 11 is 5.83. The van der Waals surface area contributed by atoms with Gasteiger partial charge in [0.15, 0.2) is 0 Å². The minimum Gasteiger partial charge on any atom is -0.353 e. The average Bonchev–Trinajstić information content (AvgIpc) is 2.46. The molecule has 94 valence electrons. The number of hydrogen-bond donors (Lipinski definition) is 0. The third-order valence-corrected chi connectivity index (χ3v) is 3.12. The van der Waals surface area contributed by atoms with Gasteiger partial charge in [-0.3, -0.25) is 0 Å². The van der Waals surface area contributed by atoms with E-state index in [0.717, 1.165) is 24.6 Å². The number of rotatable bonds is 5. The highest BCUT2D eigenvalue weighted by molar-refractivity contribution is 6.16. The minimum absolute atomic E-state index is 0.455. The van der Waals surface area contributed by atoms with E-state index in [2.05, 4.69) is 41.1 Å². The molecule has 2 rings (SSSR count). The molecular formula is C15H17ClN2. The standard InChI is InChI=1S/C15H17ClN2/c1-2-18(12-13-7-4-3-5-8-13)15-10-6-9-14(11-16)17-15/h3-10H,2,11-12H2,1H3. The predicted octanol–water partition coefficient (Wildman–Crippen LogP) is 3.85. The maximum Gasteiger partial charge on any atom is 0.129 e. The number of nitrogens with zero attached hydrogens (tertiary/aromatic N) is 2. The molecule has 3 heteroatoms. The van der Waals surface area contributed by atoms with Crippen LogP contribution in [-0.4, -0.2) is 11.5 Å². The first-order valence-electron chi connectivity index (χ1n) is 6.14. The van der Waals surface area contributed by atoms with Crippen molar-refractivity contribution in [3.8, 4) is 0 Å². The van der Waals surface area contributed by atoms with Crippen LogP contribution in [0.25, 0.3) is 0 Å². The van der Waals surface area contributed by atoms with E-state index in [1.54, 1.807) is 0 Å². The van der Waals surface area contributed by atoms with Crippen LogP contribution < -0.4 is 4.90 Å². The second kappa shape index (κ2) is 6.41. The SMILES string of the molecule is CCN(Cc1ccccc1)c1cccc(CCl)n1. The molecule has 1 aromatic heterocycles. The number of anilines is 1. The van der Waals surface area contributed by atoms with Crippen molar-refractivity contribution in [2.45, 2.75) is 19.3 Å². The van der Waals surface area contributed by atoms with Gasteiger partial charge in [-0.15, -0.1) is 11.6 Å². The Bertz CT molecular complexity index is 485. The monoisotopic (exact) mass is 260 g/mol. The molecule has 0 aliphatic carbocycles. The third-order valence-electron chi connectivity index (χ3n) is 2.85. The van der Waals surface area contributed by atoms with Crippen molar-refractivity contribution in [3.63, 3.8) is 0 Å². The number of pyridine rings is 1. The zero-order valence-corrected chi connectivity index (χ0v) is 11.3. The second-order valence-corrected chi connectivity index (χ2v) is 4.39. The summed E-state index contributed by atoms with van der Waals surface area (Å²) in [4.78, 5) is 6.79. The zero-order valence-electron chi connectivity index (χ0n) is 10.5. The first kappa shape index (κ1) is 12.9. The topological polar surface area (TPSA) is 16.1 Å². The van der Waals surface area contributed by atoms with Gasteiger partial charge in [0.1, 0.15) is 5.82 Å². The highest BCUT2D eigenvalue weighted by Crippen LogP contribution is 2.15. The van der Waals surface area contributed by atoms with Crippen molar-refractivity contribution in [2.24, 2.45) is 0 Å². The molecule has 0 N–H and O–H groups in total. The Morgan fingerprint density at radius 2 is 1.83 bits per heavy atom. The lowest BCUT2D eigenvalue weighted by Crippen LogP contribution is -2.23. The maximum atomic E-state index is 5.83. The Balaban J connectivity index is 2.17. The van der Waals surface area contributed by atoms with Gasteiger partial charge in [-0.1, -0.05) is 36.4 Å². The van der Waals surface area contributed by atoms with Crippen molar-refractivity contribution in [3.05, 3.63) is 59.8 Å². The lowest BCUT2D eigenvalue weighted by molar-refractivity contribution is 0.810. The van der Waals surface area contributed by atoms with E-state index in [4.69, 9.17) is 11.6 Å². The van der Waals surface area contributed by atoms with E-state index < -0.39 is 0 Å². The van der Waals surface area contributed by atoms with Gasteiger partial charge in [-0.05, 0) is 24.6 Å². The smallest absolute Gasteiger partial charge is 0.129 e. The van der Waals surface area contributed by atoms with Gasteiger partial charge >= 0.3 is 0 Å². The molecule has 0 fully saturated rings. The van der Waals surface area contributed by atoms with Crippen molar-refractivity contribution in [2.75, 3.05) is 11.4 Å². The molecule has 1 heterocycles. The zero-order chi connectivity index (χ0) is 12.8. The Morgan fingerprint density at radius 1 is 1.06 bits per heavy atom. The fraction of sp³-hybridized carbons (Fsp3) is 0.267. The fourth-order valence-corrected chi connectivity index (χ4v) is 2.02. The maximum absolute atomic E-state index is 5.83. The summed E-state index contributed by atoms with van der Waals surface area (Å²) in [6, 6.07) is 16.4. The van der Waals surface area contributed by atoms with E-state index in [0.29, 0.717) is 5.88 Å². The second-order valence-electron chi connectivity index (χ2n) is 4.12. The van der Waals surface area contributed by atoms with Gasteiger partial charge in [-0.25, -0.2) is 4.98 Å². The number of hydrogen-bond acceptors (Lipinski definition) is 2. The molecular weight excluding hydrogens is 244 g/mol. The molecule has 0 unspecified atom stereocenters. The molecule has 2 aromatic rings. The molecule has 0 saturated carbocycles. The Labute approximate surface area is 113 Å². The molecule has 0 aliphatic heterocycles. The highest BCUT2D eigenvalue weighted by atomic mass is 35.5. The van der Waals surface area contributed by atoms with Crippen LogP contribution >= 0.6 is 11.6 Å². The average molecular weight is 261 g/mol. The molecule has 0 atom stereocenters. The van der Waals surface area contributed by atoms with Gasteiger partial charge in [-0.2, -0.15) is 0 Å². The van der Waals surface area contributed by atoms with Crippen molar-refractivity contribution in [1.82, 2.24) is 4.98 Å². The van der Waals surface area contributed by atoms with Gasteiger partial charge in [0.25, 0.3) is 0 Å². The Kier molecular flexibility index (Phi) is 4.59. The Morgan fingerprint density at radius 3 is 2.50 bits per heavy atom. The van der Waals surface area contributed by atoms with Gasteiger partial charge in [0.05, 0.1) is 11.6 Å². The molecule has 0 amide bonds. The van der Waals surface area contributed by atoms with E-state index in [9.17, 15) is 0 Å². The minimum atomic E-state index is 0.455. The van der Waals surface area contributed by atoms with Crippen molar-refractivity contribution >= 4 is 17.4 Å². The van der Waals surface area contributed by atoms with Crippen LogP contribution in [0.15, 0.2) is 48.5 Å². The normalized spacial score (nSPS) is 10.3. The van der Waals surface area contributed by atoms with E-state index in [1.807, 2.05) is 24.3 Å². The summed E-state index contributed by atoms with van der Waals surface area (Å²) in [6.07, 6.45) is 0. The third kappa shape index (κ3) is 3.23. The molecule has 0 radical (unpaired) electrons. The largest absolute Gasteiger partial charge is 0.353 e. The van der Waals surface area contributed by atoms with Crippen LogP contribution in [0, 0.1) is 0 Å². The summed E-state index contributed by atoms with van der Waals surface area (Å²) in [7, 11) is 0. The van der Waals surface area contributed by atoms with Crippen LogP contribution in [0.1, 0.15) is 18.2 Å². The van der Waals surface area contributed by atoms with E-state index in [-0.39, 0.29) is 0 Å². The van der Waals surface area contributed by atoms with Gasteiger partial charge < -0.3 is 4.90 Å². The quantitative estimate of drug-likeness (QED) is 0.760. The lowest BCUT2D eigenvalue weighted by Gasteiger charge is -2.22. The van der Waals surface area contributed by atoms with Gasteiger partial charge in [0, 0.05) is 13.1 Å². The first-order chi connectivity index (χ1) is 8.83. The van der Waals surface area contributed by atoms with Crippen LogP contribution in [0.4, 0.5) is 5.82 Å². The fourth-order valence-electron chi connectivity index (χ4n) is 1.88. The molecule has 1 aromatic carbocycles.